The molecular weight excluding hydrogens is 274 g/mol. The van der Waals surface area contributed by atoms with E-state index in [4.69, 9.17) is 4.98 Å². The minimum atomic E-state index is 1.00. The highest BCUT2D eigenvalue weighted by Crippen LogP contribution is 2.17. The van der Waals surface area contributed by atoms with Crippen LogP contribution in [0, 0.1) is 0 Å². The molecule has 3 aromatic heterocycles. The van der Waals surface area contributed by atoms with Gasteiger partial charge in [-0.2, -0.15) is 0 Å². The summed E-state index contributed by atoms with van der Waals surface area (Å²) in [6.45, 7) is 5.18. The van der Waals surface area contributed by atoms with Gasteiger partial charge in [-0.1, -0.05) is 6.07 Å². The number of hydrogen-bond donors (Lipinski definition) is 0. The van der Waals surface area contributed by atoms with E-state index >= 15 is 0 Å². The first kappa shape index (κ1) is 13.3. The lowest BCUT2D eigenvalue weighted by Gasteiger charge is -2.34. The SMILES string of the molecule is c1ccn2cc(N3CCN(Cc4ccncc4)CC3)nc2c1. The van der Waals surface area contributed by atoms with Gasteiger partial charge in [0.1, 0.15) is 11.5 Å². The summed E-state index contributed by atoms with van der Waals surface area (Å²) in [7, 11) is 0. The Balaban J connectivity index is 1.41. The number of rotatable bonds is 3. The molecule has 0 amide bonds. The third kappa shape index (κ3) is 2.67. The van der Waals surface area contributed by atoms with Crippen molar-refractivity contribution in [1.82, 2.24) is 19.3 Å². The second-order valence-corrected chi connectivity index (χ2v) is 5.68. The molecule has 4 rings (SSSR count). The van der Waals surface area contributed by atoms with Crippen LogP contribution in [0.4, 0.5) is 5.82 Å². The molecule has 112 valence electrons. The van der Waals surface area contributed by atoms with Crippen molar-refractivity contribution in [1.29, 1.82) is 0 Å². The molecule has 1 aliphatic heterocycles. The van der Waals surface area contributed by atoms with Gasteiger partial charge in [0.25, 0.3) is 0 Å². The first-order valence-electron chi connectivity index (χ1n) is 7.68. The molecule has 4 heterocycles. The standard InChI is InChI=1S/C17H19N5/c1-2-8-22-14-17(19-16(22)3-1)21-11-9-20(10-12-21)13-15-4-6-18-7-5-15/h1-8,14H,9-13H2. The molecular formula is C17H19N5. The third-order valence-electron chi connectivity index (χ3n) is 4.20. The Hall–Kier alpha value is -2.40. The first-order chi connectivity index (χ1) is 10.9. The van der Waals surface area contributed by atoms with Gasteiger partial charge in [0, 0.05) is 51.3 Å². The molecule has 5 heteroatoms. The zero-order chi connectivity index (χ0) is 14.8. The molecule has 0 aliphatic carbocycles. The largest absolute Gasteiger partial charge is 0.353 e. The highest BCUT2D eigenvalue weighted by Gasteiger charge is 2.19. The second kappa shape index (κ2) is 5.77. The highest BCUT2D eigenvalue weighted by molar-refractivity contribution is 5.50. The molecule has 0 unspecified atom stereocenters. The van der Waals surface area contributed by atoms with Crippen LogP contribution >= 0.6 is 0 Å². The molecule has 1 aliphatic rings. The lowest BCUT2D eigenvalue weighted by atomic mass is 10.2. The van der Waals surface area contributed by atoms with Crippen molar-refractivity contribution in [2.45, 2.75) is 6.54 Å². The normalized spacial score (nSPS) is 16.3. The van der Waals surface area contributed by atoms with Gasteiger partial charge in [-0.25, -0.2) is 4.98 Å². The summed E-state index contributed by atoms with van der Waals surface area (Å²) in [6, 6.07) is 10.3. The van der Waals surface area contributed by atoms with Crippen LogP contribution in [-0.4, -0.2) is 45.4 Å². The van der Waals surface area contributed by atoms with Crippen molar-refractivity contribution >= 4 is 11.5 Å². The predicted molar refractivity (Wildman–Crippen MR) is 86.9 cm³/mol. The maximum absolute atomic E-state index is 4.71. The van der Waals surface area contributed by atoms with Crippen molar-refractivity contribution in [3.8, 4) is 0 Å². The van der Waals surface area contributed by atoms with Crippen LogP contribution in [0.1, 0.15) is 5.56 Å². The van der Waals surface area contributed by atoms with E-state index in [1.54, 1.807) is 0 Å². The topological polar surface area (TPSA) is 36.7 Å². The number of hydrogen-bond acceptors (Lipinski definition) is 4. The van der Waals surface area contributed by atoms with Gasteiger partial charge in [-0.05, 0) is 29.8 Å². The van der Waals surface area contributed by atoms with Crippen molar-refractivity contribution in [2.75, 3.05) is 31.1 Å². The first-order valence-corrected chi connectivity index (χ1v) is 7.68. The van der Waals surface area contributed by atoms with Gasteiger partial charge in [0.2, 0.25) is 0 Å². The summed E-state index contributed by atoms with van der Waals surface area (Å²) < 4.78 is 2.08. The fraction of sp³-hybridized carbons (Fsp3) is 0.294. The van der Waals surface area contributed by atoms with Gasteiger partial charge in [-0.15, -0.1) is 0 Å². The quantitative estimate of drug-likeness (QED) is 0.740. The molecule has 0 spiro atoms. The fourth-order valence-corrected chi connectivity index (χ4v) is 2.96. The Morgan fingerprint density at radius 2 is 1.77 bits per heavy atom. The average Bonchev–Trinajstić information content (AvgIpc) is 3.00. The van der Waals surface area contributed by atoms with Crippen LogP contribution in [0.25, 0.3) is 5.65 Å². The van der Waals surface area contributed by atoms with Gasteiger partial charge in [-0.3, -0.25) is 9.88 Å². The monoisotopic (exact) mass is 293 g/mol. The Labute approximate surface area is 129 Å². The summed E-state index contributed by atoms with van der Waals surface area (Å²) >= 11 is 0. The predicted octanol–water partition coefficient (Wildman–Crippen LogP) is 2.05. The number of anilines is 1. The summed E-state index contributed by atoms with van der Waals surface area (Å²) in [5.41, 5.74) is 2.34. The fourth-order valence-electron chi connectivity index (χ4n) is 2.96. The molecule has 1 fully saturated rings. The van der Waals surface area contributed by atoms with E-state index in [1.807, 2.05) is 36.8 Å². The van der Waals surface area contributed by atoms with Crippen LogP contribution in [0.3, 0.4) is 0 Å². The van der Waals surface area contributed by atoms with Crippen LogP contribution in [0.15, 0.2) is 55.1 Å². The minimum absolute atomic E-state index is 1.00. The van der Waals surface area contributed by atoms with Gasteiger partial charge < -0.3 is 9.30 Å². The average molecular weight is 293 g/mol. The molecule has 0 radical (unpaired) electrons. The minimum Gasteiger partial charge on any atom is -0.353 e. The Bertz CT molecular complexity index is 711. The number of imidazole rings is 1. The van der Waals surface area contributed by atoms with Crippen LogP contribution in [-0.2, 0) is 6.54 Å². The number of fused-ring (bicyclic) bond motifs is 1. The lowest BCUT2D eigenvalue weighted by Crippen LogP contribution is -2.46. The number of pyridine rings is 2. The number of nitrogens with zero attached hydrogens (tertiary/aromatic N) is 5. The molecule has 22 heavy (non-hydrogen) atoms. The molecule has 0 atom stereocenters. The molecule has 0 saturated carbocycles. The maximum atomic E-state index is 4.71. The summed E-state index contributed by atoms with van der Waals surface area (Å²) in [5, 5.41) is 0. The lowest BCUT2D eigenvalue weighted by molar-refractivity contribution is 0.249. The maximum Gasteiger partial charge on any atom is 0.147 e. The van der Waals surface area contributed by atoms with Crippen molar-refractivity contribution in [2.24, 2.45) is 0 Å². The highest BCUT2D eigenvalue weighted by atomic mass is 15.3. The summed E-state index contributed by atoms with van der Waals surface area (Å²) in [5.74, 6) is 1.08. The van der Waals surface area contributed by atoms with Crippen molar-refractivity contribution < 1.29 is 0 Å². The number of aromatic nitrogens is 3. The molecule has 1 saturated heterocycles. The van der Waals surface area contributed by atoms with E-state index in [9.17, 15) is 0 Å². The van der Waals surface area contributed by atoms with Crippen molar-refractivity contribution in [3.05, 3.63) is 60.7 Å². The zero-order valence-electron chi connectivity index (χ0n) is 12.5. The Morgan fingerprint density at radius 3 is 2.55 bits per heavy atom. The van der Waals surface area contributed by atoms with Gasteiger partial charge in [0.15, 0.2) is 0 Å². The van der Waals surface area contributed by atoms with E-state index in [0.717, 1.165) is 44.2 Å². The van der Waals surface area contributed by atoms with Crippen LogP contribution in [0.2, 0.25) is 0 Å². The van der Waals surface area contributed by atoms with E-state index in [1.165, 1.54) is 5.56 Å². The zero-order valence-corrected chi connectivity index (χ0v) is 12.5. The van der Waals surface area contributed by atoms with E-state index in [0.29, 0.717) is 0 Å². The molecule has 3 aromatic rings. The third-order valence-corrected chi connectivity index (χ3v) is 4.20. The Kier molecular flexibility index (Phi) is 3.48. The smallest absolute Gasteiger partial charge is 0.147 e. The molecule has 5 nitrogen and oxygen atoms in total. The van der Waals surface area contributed by atoms with Gasteiger partial charge in [0.05, 0.1) is 6.20 Å². The molecule has 0 N–H and O–H groups in total. The number of piperazine rings is 1. The van der Waals surface area contributed by atoms with E-state index in [-0.39, 0.29) is 0 Å². The molecule has 0 aromatic carbocycles. The Morgan fingerprint density at radius 1 is 0.955 bits per heavy atom. The van der Waals surface area contributed by atoms with E-state index < -0.39 is 0 Å². The van der Waals surface area contributed by atoms with Crippen molar-refractivity contribution in [3.63, 3.8) is 0 Å². The summed E-state index contributed by atoms with van der Waals surface area (Å²) in [6.07, 6.45) is 7.89. The summed E-state index contributed by atoms with van der Waals surface area (Å²) in [4.78, 5) is 13.6. The molecule has 0 bridgehead atoms. The van der Waals surface area contributed by atoms with Gasteiger partial charge >= 0.3 is 0 Å². The second-order valence-electron chi connectivity index (χ2n) is 5.68. The van der Waals surface area contributed by atoms with Crippen LogP contribution < -0.4 is 4.90 Å². The van der Waals surface area contributed by atoms with Crippen LogP contribution in [0.5, 0.6) is 0 Å². The van der Waals surface area contributed by atoms with E-state index in [2.05, 4.69) is 37.5 Å².